The predicted molar refractivity (Wildman–Crippen MR) is 149 cm³/mol. The second-order valence-electron chi connectivity index (χ2n) is 8.60. The molecule has 10 heteroatoms. The van der Waals surface area contributed by atoms with Gasteiger partial charge in [-0.1, -0.05) is 30.0 Å². The van der Waals surface area contributed by atoms with Crippen molar-refractivity contribution >= 4 is 40.1 Å². The number of para-hydroxylation sites is 1. The van der Waals surface area contributed by atoms with E-state index in [4.69, 9.17) is 9.47 Å². The van der Waals surface area contributed by atoms with Crippen LogP contribution in [0.2, 0.25) is 0 Å². The summed E-state index contributed by atoms with van der Waals surface area (Å²) < 4.78 is 38.7. The van der Waals surface area contributed by atoms with E-state index in [1.807, 2.05) is 32.0 Å². The van der Waals surface area contributed by atoms with Crippen molar-refractivity contribution in [2.75, 3.05) is 25.1 Å². The summed E-state index contributed by atoms with van der Waals surface area (Å²) in [7, 11) is 0. The molecular formula is C29H29F2N3O4S. The lowest BCUT2D eigenvalue weighted by atomic mass is 10.1. The second kappa shape index (κ2) is 13.2. The third-order valence-corrected chi connectivity index (χ3v) is 7.00. The summed E-state index contributed by atoms with van der Waals surface area (Å²) in [5, 5.41) is 2.20. The molecule has 0 aliphatic carbocycles. The number of rotatable bonds is 11. The number of thioether (sulfide) groups is 1. The van der Waals surface area contributed by atoms with Gasteiger partial charge < -0.3 is 14.8 Å². The van der Waals surface area contributed by atoms with Crippen LogP contribution in [-0.4, -0.2) is 46.9 Å². The molecule has 0 unspecified atom stereocenters. The summed E-state index contributed by atoms with van der Waals surface area (Å²) >= 11 is 1.16. The van der Waals surface area contributed by atoms with Crippen molar-refractivity contribution in [3.05, 3.63) is 83.9 Å². The van der Waals surface area contributed by atoms with Crippen molar-refractivity contribution in [2.45, 2.75) is 31.9 Å². The number of hydrogen-bond acceptors (Lipinski definition) is 6. The van der Waals surface area contributed by atoms with Gasteiger partial charge in [0.15, 0.2) is 16.7 Å². The van der Waals surface area contributed by atoms with E-state index in [-0.39, 0.29) is 18.0 Å². The van der Waals surface area contributed by atoms with Crippen LogP contribution in [0.15, 0.2) is 71.7 Å². The second-order valence-corrected chi connectivity index (χ2v) is 9.77. The minimum atomic E-state index is -0.740. The van der Waals surface area contributed by atoms with Crippen LogP contribution < -0.4 is 14.8 Å². The highest BCUT2D eigenvalue weighted by molar-refractivity contribution is 8.15. The lowest BCUT2D eigenvalue weighted by Gasteiger charge is -2.17. The highest BCUT2D eigenvalue weighted by Crippen LogP contribution is 2.33. The molecule has 3 aromatic carbocycles. The van der Waals surface area contributed by atoms with E-state index in [1.165, 1.54) is 47.4 Å². The van der Waals surface area contributed by atoms with E-state index in [9.17, 15) is 18.4 Å². The molecule has 0 aromatic heterocycles. The summed E-state index contributed by atoms with van der Waals surface area (Å²) in [5.41, 5.74) is 1.46. The smallest absolute Gasteiger partial charge is 0.242 e. The van der Waals surface area contributed by atoms with Gasteiger partial charge in [-0.2, -0.15) is 0 Å². The SMILES string of the molecule is CCOc1ccc(CCN2C(=O)[C@H](CC(=O)Nc3ccccc3F)SC2=Nc2ccc(F)cc2)cc1OCC. The molecule has 3 aromatic rings. The molecule has 1 aliphatic heterocycles. The maximum Gasteiger partial charge on any atom is 0.242 e. The lowest BCUT2D eigenvalue weighted by molar-refractivity contribution is -0.128. The molecule has 39 heavy (non-hydrogen) atoms. The van der Waals surface area contributed by atoms with Crippen LogP contribution >= 0.6 is 11.8 Å². The molecule has 204 valence electrons. The van der Waals surface area contributed by atoms with Crippen molar-refractivity contribution in [2.24, 2.45) is 4.99 Å². The Kier molecular flexibility index (Phi) is 9.54. The first kappa shape index (κ1) is 28.1. The largest absolute Gasteiger partial charge is 0.490 e. The van der Waals surface area contributed by atoms with Gasteiger partial charge in [0.05, 0.1) is 24.6 Å². The third kappa shape index (κ3) is 7.35. The molecule has 0 spiro atoms. The van der Waals surface area contributed by atoms with Crippen molar-refractivity contribution in [3.63, 3.8) is 0 Å². The number of aliphatic imine (C=N–C) groups is 1. The molecule has 1 atom stereocenters. The quantitative estimate of drug-likeness (QED) is 0.317. The Balaban J connectivity index is 1.52. The summed E-state index contributed by atoms with van der Waals surface area (Å²) in [4.78, 5) is 32.2. The Hall–Kier alpha value is -3.92. The van der Waals surface area contributed by atoms with Crippen molar-refractivity contribution in [1.29, 1.82) is 0 Å². The normalized spacial score (nSPS) is 16.0. The first-order valence-corrected chi connectivity index (χ1v) is 13.5. The van der Waals surface area contributed by atoms with Crippen LogP contribution in [0.1, 0.15) is 25.8 Å². The van der Waals surface area contributed by atoms with Crippen LogP contribution in [0.25, 0.3) is 0 Å². The van der Waals surface area contributed by atoms with Gasteiger partial charge in [0.25, 0.3) is 0 Å². The number of carbonyl (C=O) groups is 2. The number of anilines is 1. The van der Waals surface area contributed by atoms with Crippen LogP contribution in [0.5, 0.6) is 11.5 Å². The average molecular weight is 554 g/mol. The van der Waals surface area contributed by atoms with E-state index in [2.05, 4.69) is 10.3 Å². The fraction of sp³-hybridized carbons (Fsp3) is 0.276. The number of ether oxygens (including phenoxy) is 2. The molecule has 1 aliphatic rings. The van der Waals surface area contributed by atoms with Crippen molar-refractivity contribution in [3.8, 4) is 11.5 Å². The Morgan fingerprint density at radius 2 is 1.72 bits per heavy atom. The molecule has 2 amide bonds. The fourth-order valence-electron chi connectivity index (χ4n) is 3.98. The van der Waals surface area contributed by atoms with E-state index >= 15 is 0 Å². The number of carbonyl (C=O) groups excluding carboxylic acids is 2. The Morgan fingerprint density at radius 1 is 1.00 bits per heavy atom. The number of amidine groups is 1. The first-order valence-electron chi connectivity index (χ1n) is 12.6. The summed E-state index contributed by atoms with van der Waals surface area (Å²) in [5.74, 6) is -0.438. The minimum absolute atomic E-state index is 0.0515. The molecule has 7 nitrogen and oxygen atoms in total. The number of amides is 2. The maximum atomic E-state index is 14.0. The van der Waals surface area contributed by atoms with Gasteiger partial charge in [0.1, 0.15) is 16.9 Å². The van der Waals surface area contributed by atoms with Crippen LogP contribution in [-0.2, 0) is 16.0 Å². The minimum Gasteiger partial charge on any atom is -0.490 e. The zero-order chi connectivity index (χ0) is 27.8. The number of hydrogen-bond donors (Lipinski definition) is 1. The lowest BCUT2D eigenvalue weighted by Crippen LogP contribution is -2.35. The average Bonchev–Trinajstić information content (AvgIpc) is 3.20. The number of nitrogens with zero attached hydrogens (tertiary/aromatic N) is 2. The highest BCUT2D eigenvalue weighted by Gasteiger charge is 2.39. The number of halogens is 2. The third-order valence-electron chi connectivity index (χ3n) is 5.82. The van der Waals surface area contributed by atoms with Crippen LogP contribution in [0, 0.1) is 11.6 Å². The zero-order valence-electron chi connectivity index (χ0n) is 21.7. The predicted octanol–water partition coefficient (Wildman–Crippen LogP) is 5.97. The fourth-order valence-corrected chi connectivity index (χ4v) is 5.16. The van der Waals surface area contributed by atoms with E-state index in [0.717, 1.165) is 17.3 Å². The number of nitrogens with one attached hydrogen (secondary N) is 1. The van der Waals surface area contributed by atoms with Gasteiger partial charge in [0.2, 0.25) is 11.8 Å². The van der Waals surface area contributed by atoms with Crippen molar-refractivity contribution < 1.29 is 27.8 Å². The van der Waals surface area contributed by atoms with Crippen LogP contribution in [0.4, 0.5) is 20.2 Å². The van der Waals surface area contributed by atoms with Crippen LogP contribution in [0.3, 0.4) is 0 Å². The molecule has 1 saturated heterocycles. The first-order chi connectivity index (χ1) is 18.9. The molecule has 1 N–H and O–H groups in total. The van der Waals surface area contributed by atoms with E-state index in [1.54, 1.807) is 6.07 Å². The molecule has 0 saturated carbocycles. The highest BCUT2D eigenvalue weighted by atomic mass is 32.2. The summed E-state index contributed by atoms with van der Waals surface area (Å²) in [6.07, 6.45) is 0.337. The van der Waals surface area contributed by atoms with Gasteiger partial charge in [-0.15, -0.1) is 0 Å². The molecule has 4 rings (SSSR count). The molecular weight excluding hydrogens is 524 g/mol. The topological polar surface area (TPSA) is 80.2 Å². The van der Waals surface area contributed by atoms with Gasteiger partial charge in [0, 0.05) is 13.0 Å². The Labute approximate surface area is 230 Å². The molecule has 1 fully saturated rings. The molecule has 0 radical (unpaired) electrons. The van der Waals surface area contributed by atoms with E-state index in [0.29, 0.717) is 48.5 Å². The molecule has 1 heterocycles. The van der Waals surface area contributed by atoms with Gasteiger partial charge in [-0.3, -0.25) is 14.5 Å². The summed E-state index contributed by atoms with van der Waals surface area (Å²) in [6, 6.07) is 17.1. The summed E-state index contributed by atoms with van der Waals surface area (Å²) in [6.45, 7) is 5.08. The van der Waals surface area contributed by atoms with Crippen molar-refractivity contribution in [1.82, 2.24) is 4.90 Å². The Morgan fingerprint density at radius 3 is 2.44 bits per heavy atom. The zero-order valence-corrected chi connectivity index (χ0v) is 22.5. The Bertz CT molecular complexity index is 1350. The molecule has 0 bridgehead atoms. The van der Waals surface area contributed by atoms with E-state index < -0.39 is 22.8 Å². The van der Waals surface area contributed by atoms with Gasteiger partial charge in [-0.25, -0.2) is 13.8 Å². The van der Waals surface area contributed by atoms with Gasteiger partial charge >= 0.3 is 0 Å². The maximum absolute atomic E-state index is 14.0. The number of benzene rings is 3. The monoisotopic (exact) mass is 553 g/mol. The standard InChI is InChI=1S/C29H29F2N3O4S/c1-3-37-24-14-9-19(17-25(24)38-4-2)15-16-34-28(36)26(18-27(35)33-23-8-6-5-7-22(23)31)39-29(34)32-21-12-10-20(30)11-13-21/h5-14,17,26H,3-4,15-16,18H2,1-2H3,(H,33,35)/t26-/m0/s1. The van der Waals surface area contributed by atoms with Gasteiger partial charge in [-0.05, 0) is 74.4 Å².